The van der Waals surface area contributed by atoms with Crippen LogP contribution in [0.5, 0.6) is 0 Å². The number of aromatic amines is 1. The molecule has 140 valence electrons. The van der Waals surface area contributed by atoms with Crippen molar-refractivity contribution in [2.45, 2.75) is 19.5 Å². The van der Waals surface area contributed by atoms with E-state index in [1.54, 1.807) is 22.7 Å². The monoisotopic (exact) mass is 406 g/mol. The Hall–Kier alpha value is -2.61. The van der Waals surface area contributed by atoms with Gasteiger partial charge in [0, 0.05) is 32.3 Å². The molecule has 1 aliphatic heterocycles. The Morgan fingerprint density at radius 3 is 2.61 bits per heavy atom. The fourth-order valence-corrected chi connectivity index (χ4v) is 4.86. The molecule has 0 amide bonds. The van der Waals surface area contributed by atoms with Gasteiger partial charge in [0.2, 0.25) is 0 Å². The van der Waals surface area contributed by atoms with Gasteiger partial charge in [-0.05, 0) is 34.5 Å². The summed E-state index contributed by atoms with van der Waals surface area (Å²) in [4.78, 5) is 29.3. The lowest BCUT2D eigenvalue weighted by molar-refractivity contribution is 0.241. The number of aromatic nitrogens is 3. The van der Waals surface area contributed by atoms with Gasteiger partial charge in [-0.25, -0.2) is 4.98 Å². The lowest BCUT2D eigenvalue weighted by atomic mass is 10.1. The molecule has 0 aliphatic carbocycles. The lowest BCUT2D eigenvalue weighted by Crippen LogP contribution is -2.35. The molecule has 0 saturated carbocycles. The molecule has 5 nitrogen and oxygen atoms in total. The molecule has 5 rings (SSSR count). The first-order valence-electron chi connectivity index (χ1n) is 9.13. The van der Waals surface area contributed by atoms with Crippen LogP contribution in [0.2, 0.25) is 0 Å². The van der Waals surface area contributed by atoms with Crippen molar-refractivity contribution in [2.24, 2.45) is 0 Å². The van der Waals surface area contributed by atoms with Crippen molar-refractivity contribution < 1.29 is 0 Å². The van der Waals surface area contributed by atoms with E-state index in [0.717, 1.165) is 46.9 Å². The van der Waals surface area contributed by atoms with Crippen LogP contribution >= 0.6 is 22.7 Å². The average molecular weight is 407 g/mol. The van der Waals surface area contributed by atoms with Crippen molar-refractivity contribution in [1.82, 2.24) is 19.9 Å². The summed E-state index contributed by atoms with van der Waals surface area (Å²) < 4.78 is 0. The second-order valence-corrected chi connectivity index (χ2v) is 8.70. The third-order valence-electron chi connectivity index (χ3n) is 4.91. The first-order valence-corrected chi connectivity index (χ1v) is 10.9. The van der Waals surface area contributed by atoms with Crippen LogP contribution in [0.25, 0.3) is 21.3 Å². The van der Waals surface area contributed by atoms with Gasteiger partial charge in [-0.1, -0.05) is 18.2 Å². The van der Waals surface area contributed by atoms with Crippen LogP contribution in [0, 0.1) is 0 Å². The number of hydrogen-bond acceptors (Lipinski definition) is 6. The molecular formula is C21H18N4OS2. The maximum Gasteiger partial charge on any atom is 0.255 e. The van der Waals surface area contributed by atoms with Gasteiger partial charge in [-0.15, -0.1) is 22.7 Å². The Labute approximate surface area is 170 Å². The number of fused-ring (bicyclic) bond motifs is 1. The smallest absolute Gasteiger partial charge is 0.255 e. The third-order valence-corrected chi connectivity index (χ3v) is 6.68. The highest BCUT2D eigenvalue weighted by atomic mass is 32.1. The Morgan fingerprint density at radius 2 is 1.89 bits per heavy atom. The number of rotatable bonds is 4. The molecule has 1 aliphatic rings. The molecular weight excluding hydrogens is 388 g/mol. The fourth-order valence-electron chi connectivity index (χ4n) is 3.49. The van der Waals surface area contributed by atoms with Gasteiger partial charge in [0.1, 0.15) is 0 Å². The van der Waals surface area contributed by atoms with E-state index in [9.17, 15) is 4.79 Å². The Bertz CT molecular complexity index is 1130. The van der Waals surface area contributed by atoms with E-state index in [4.69, 9.17) is 4.98 Å². The number of thiophene rings is 2. The van der Waals surface area contributed by atoms with Crippen molar-refractivity contribution in [3.05, 3.63) is 80.5 Å². The average Bonchev–Trinajstić information content (AvgIpc) is 3.43. The van der Waals surface area contributed by atoms with E-state index < -0.39 is 0 Å². The highest BCUT2D eigenvalue weighted by Crippen LogP contribution is 2.24. The zero-order chi connectivity index (χ0) is 18.9. The molecule has 7 heteroatoms. The molecule has 0 unspecified atom stereocenters. The van der Waals surface area contributed by atoms with Crippen LogP contribution in [-0.2, 0) is 19.5 Å². The number of hydrogen-bond donors (Lipinski definition) is 1. The molecule has 4 aromatic heterocycles. The van der Waals surface area contributed by atoms with Crippen LogP contribution in [0.3, 0.4) is 0 Å². The van der Waals surface area contributed by atoms with Crippen LogP contribution in [0.1, 0.15) is 16.8 Å². The Kier molecular flexibility index (Phi) is 4.64. The molecule has 0 radical (unpaired) electrons. The van der Waals surface area contributed by atoms with E-state index in [2.05, 4.69) is 38.4 Å². The zero-order valence-corrected chi connectivity index (χ0v) is 16.7. The highest BCUT2D eigenvalue weighted by Gasteiger charge is 2.22. The molecule has 0 aromatic carbocycles. The summed E-state index contributed by atoms with van der Waals surface area (Å²) in [7, 11) is 0. The third kappa shape index (κ3) is 3.44. The van der Waals surface area contributed by atoms with E-state index >= 15 is 0 Å². The summed E-state index contributed by atoms with van der Waals surface area (Å²) in [5, 5.41) is 4.06. The number of H-pyrrole nitrogens is 1. The van der Waals surface area contributed by atoms with Gasteiger partial charge in [-0.2, -0.15) is 0 Å². The SMILES string of the molecule is O=c1[nH]c(-c2cccs2)nc2c1CN(Cc1ccc(-c3cccs3)nc1)CC2. The minimum absolute atomic E-state index is 0.0238. The van der Waals surface area contributed by atoms with E-state index in [0.29, 0.717) is 12.4 Å². The van der Waals surface area contributed by atoms with Crippen LogP contribution in [-0.4, -0.2) is 26.4 Å². The minimum Gasteiger partial charge on any atom is -0.306 e. The molecule has 4 aromatic rings. The topological polar surface area (TPSA) is 61.9 Å². The van der Waals surface area contributed by atoms with Crippen molar-refractivity contribution >= 4 is 22.7 Å². The molecule has 0 spiro atoms. The van der Waals surface area contributed by atoms with Gasteiger partial charge < -0.3 is 4.98 Å². The normalized spacial score (nSPS) is 14.1. The molecule has 5 heterocycles. The number of nitrogens with zero attached hydrogens (tertiary/aromatic N) is 3. The van der Waals surface area contributed by atoms with E-state index in [1.807, 2.05) is 29.8 Å². The second kappa shape index (κ2) is 7.43. The van der Waals surface area contributed by atoms with Gasteiger partial charge in [0.15, 0.2) is 5.82 Å². The molecule has 1 N–H and O–H groups in total. The molecule has 0 fully saturated rings. The van der Waals surface area contributed by atoms with Crippen molar-refractivity contribution in [3.63, 3.8) is 0 Å². The molecule has 0 bridgehead atoms. The summed E-state index contributed by atoms with van der Waals surface area (Å²) in [6.07, 6.45) is 2.73. The Balaban J connectivity index is 1.33. The second-order valence-electron chi connectivity index (χ2n) is 6.81. The van der Waals surface area contributed by atoms with E-state index in [-0.39, 0.29) is 5.56 Å². The van der Waals surface area contributed by atoms with Crippen LogP contribution < -0.4 is 5.56 Å². The van der Waals surface area contributed by atoms with Crippen molar-refractivity contribution in [2.75, 3.05) is 6.54 Å². The summed E-state index contributed by atoms with van der Waals surface area (Å²) in [5.41, 5.74) is 3.85. The van der Waals surface area contributed by atoms with Gasteiger partial charge in [0.25, 0.3) is 5.56 Å². The zero-order valence-electron chi connectivity index (χ0n) is 15.1. The Morgan fingerprint density at radius 1 is 1.07 bits per heavy atom. The summed E-state index contributed by atoms with van der Waals surface area (Å²) in [5.74, 6) is 0.681. The van der Waals surface area contributed by atoms with Crippen molar-refractivity contribution in [3.8, 4) is 21.3 Å². The highest BCUT2D eigenvalue weighted by molar-refractivity contribution is 7.13. The van der Waals surface area contributed by atoms with E-state index in [1.165, 1.54) is 4.88 Å². The van der Waals surface area contributed by atoms with Gasteiger partial charge in [-0.3, -0.25) is 14.7 Å². The quantitative estimate of drug-likeness (QED) is 0.552. The summed E-state index contributed by atoms with van der Waals surface area (Å²) in [6, 6.07) is 12.3. The standard InChI is InChI=1S/C21H18N4OS2/c26-21-15-13-25(8-7-16(15)23-20(24-21)19-4-2-10-28-19)12-14-5-6-17(22-11-14)18-3-1-9-27-18/h1-6,9-11H,7-8,12-13H2,(H,23,24,26). The minimum atomic E-state index is -0.0238. The largest absolute Gasteiger partial charge is 0.306 e. The fraction of sp³-hybridized carbons (Fsp3) is 0.190. The first-order chi connectivity index (χ1) is 13.8. The van der Waals surface area contributed by atoms with Crippen LogP contribution in [0.4, 0.5) is 0 Å². The predicted octanol–water partition coefficient (Wildman–Crippen LogP) is 4.18. The number of nitrogens with one attached hydrogen (secondary N) is 1. The molecule has 0 saturated heterocycles. The summed E-state index contributed by atoms with van der Waals surface area (Å²) in [6.45, 7) is 2.29. The van der Waals surface area contributed by atoms with Crippen LogP contribution in [0.15, 0.2) is 58.1 Å². The first kappa shape index (κ1) is 17.5. The lowest BCUT2D eigenvalue weighted by Gasteiger charge is -2.27. The molecule has 0 atom stereocenters. The molecule has 28 heavy (non-hydrogen) atoms. The van der Waals surface area contributed by atoms with Gasteiger partial charge >= 0.3 is 0 Å². The maximum atomic E-state index is 12.6. The maximum absolute atomic E-state index is 12.6. The van der Waals surface area contributed by atoms with Gasteiger partial charge in [0.05, 0.1) is 26.7 Å². The predicted molar refractivity (Wildman–Crippen MR) is 114 cm³/mol. The summed E-state index contributed by atoms with van der Waals surface area (Å²) >= 11 is 3.28. The van der Waals surface area contributed by atoms with Crippen molar-refractivity contribution in [1.29, 1.82) is 0 Å². The number of pyridine rings is 1.